The zero-order valence-corrected chi connectivity index (χ0v) is 12.3. The highest BCUT2D eigenvalue weighted by Gasteiger charge is 2.24. The topological polar surface area (TPSA) is 12.0 Å². The van der Waals surface area contributed by atoms with Gasteiger partial charge in [-0.25, -0.2) is 0 Å². The van der Waals surface area contributed by atoms with Crippen LogP contribution in [0.4, 0.5) is 0 Å². The molecule has 0 aromatic heterocycles. The van der Waals surface area contributed by atoms with Gasteiger partial charge in [0, 0.05) is 0 Å². The summed E-state index contributed by atoms with van der Waals surface area (Å²) < 4.78 is 0. The average Bonchev–Trinajstić information content (AvgIpc) is 2.32. The molecule has 0 aliphatic heterocycles. The minimum atomic E-state index is 0.868. The van der Waals surface area contributed by atoms with Crippen LogP contribution in [0.25, 0.3) is 0 Å². The van der Waals surface area contributed by atoms with Crippen LogP contribution in [0.1, 0.15) is 59.8 Å². The van der Waals surface area contributed by atoms with E-state index in [2.05, 4.69) is 39.1 Å². The normalized spacial score (nSPS) is 30.6. The molecule has 0 saturated heterocycles. The minimum absolute atomic E-state index is 0.868. The summed E-state index contributed by atoms with van der Waals surface area (Å²) in [6, 6.07) is 0. The van der Waals surface area contributed by atoms with Gasteiger partial charge in [-0.1, -0.05) is 32.4 Å². The molecule has 3 unspecified atom stereocenters. The summed E-state index contributed by atoms with van der Waals surface area (Å²) in [4.78, 5) is 0. The van der Waals surface area contributed by atoms with Crippen LogP contribution in [0.15, 0.2) is 11.6 Å². The molecule has 1 saturated carbocycles. The lowest BCUT2D eigenvalue weighted by atomic mass is 9.73. The first-order valence-electron chi connectivity index (χ1n) is 7.52. The van der Waals surface area contributed by atoms with Crippen LogP contribution in [0.5, 0.6) is 0 Å². The minimum Gasteiger partial charge on any atom is -0.316 e. The molecule has 1 aliphatic rings. The van der Waals surface area contributed by atoms with Crippen LogP contribution < -0.4 is 5.32 Å². The molecular weight excluding hydrogens is 206 g/mol. The molecule has 1 N–H and O–H groups in total. The predicted octanol–water partition coefficient (Wildman–Crippen LogP) is 4.39. The zero-order valence-electron chi connectivity index (χ0n) is 12.3. The molecule has 17 heavy (non-hydrogen) atoms. The summed E-state index contributed by atoms with van der Waals surface area (Å²) in [5, 5.41) is 3.46. The molecule has 1 rings (SSSR count). The number of rotatable bonds is 6. The maximum atomic E-state index is 3.46. The van der Waals surface area contributed by atoms with E-state index in [-0.39, 0.29) is 0 Å². The fourth-order valence-electron chi connectivity index (χ4n) is 2.83. The summed E-state index contributed by atoms with van der Waals surface area (Å²) in [7, 11) is 0. The smallest absolute Gasteiger partial charge is 0.00142 e. The summed E-state index contributed by atoms with van der Waals surface area (Å²) in [5.74, 6) is 2.72. The van der Waals surface area contributed by atoms with Gasteiger partial charge in [0.15, 0.2) is 0 Å². The van der Waals surface area contributed by atoms with Gasteiger partial charge in [0.1, 0.15) is 0 Å². The molecule has 0 aromatic carbocycles. The Bertz CT molecular complexity index is 232. The number of nitrogens with one attached hydrogen (secondary N) is 1. The highest BCUT2D eigenvalue weighted by molar-refractivity contribution is 5.05. The molecule has 1 nitrogen and oxygen atoms in total. The number of hydrogen-bond donors (Lipinski definition) is 1. The predicted molar refractivity (Wildman–Crippen MR) is 77.2 cm³/mol. The van der Waals surface area contributed by atoms with E-state index < -0.39 is 0 Å². The maximum Gasteiger partial charge on any atom is -0.00142 e. The van der Waals surface area contributed by atoms with Gasteiger partial charge in [0.2, 0.25) is 0 Å². The molecule has 0 aromatic rings. The third-order valence-corrected chi connectivity index (χ3v) is 4.46. The van der Waals surface area contributed by atoms with Gasteiger partial charge >= 0.3 is 0 Å². The zero-order chi connectivity index (χ0) is 12.7. The number of hydrogen-bond acceptors (Lipinski definition) is 1. The van der Waals surface area contributed by atoms with Gasteiger partial charge in [-0.15, -0.1) is 0 Å². The molecule has 3 atom stereocenters. The Morgan fingerprint density at radius 1 is 1.18 bits per heavy atom. The van der Waals surface area contributed by atoms with Crippen LogP contribution in [-0.2, 0) is 0 Å². The monoisotopic (exact) mass is 237 g/mol. The van der Waals surface area contributed by atoms with Crippen molar-refractivity contribution in [1.82, 2.24) is 5.32 Å². The lowest BCUT2D eigenvalue weighted by Gasteiger charge is -2.32. The van der Waals surface area contributed by atoms with Crippen molar-refractivity contribution in [3.8, 4) is 0 Å². The van der Waals surface area contributed by atoms with Crippen molar-refractivity contribution in [1.29, 1.82) is 0 Å². The van der Waals surface area contributed by atoms with Crippen molar-refractivity contribution in [2.45, 2.75) is 59.8 Å². The van der Waals surface area contributed by atoms with E-state index in [1.807, 2.05) is 0 Å². The van der Waals surface area contributed by atoms with Crippen molar-refractivity contribution >= 4 is 0 Å². The highest BCUT2D eigenvalue weighted by Crippen LogP contribution is 2.36. The van der Waals surface area contributed by atoms with Crippen LogP contribution in [0.3, 0.4) is 0 Å². The van der Waals surface area contributed by atoms with E-state index in [1.54, 1.807) is 5.57 Å². The SMILES string of the molecule is CCCNCCC=C(C)C1CCC(C)C(C)C1. The van der Waals surface area contributed by atoms with E-state index in [0.717, 1.165) is 30.8 Å². The van der Waals surface area contributed by atoms with Gasteiger partial charge in [0.05, 0.1) is 0 Å². The molecular formula is C16H31N. The molecule has 0 radical (unpaired) electrons. The van der Waals surface area contributed by atoms with Crippen molar-refractivity contribution in [3.63, 3.8) is 0 Å². The van der Waals surface area contributed by atoms with E-state index in [0.29, 0.717) is 0 Å². The van der Waals surface area contributed by atoms with Gasteiger partial charge in [-0.2, -0.15) is 0 Å². The van der Waals surface area contributed by atoms with Crippen molar-refractivity contribution in [3.05, 3.63) is 11.6 Å². The van der Waals surface area contributed by atoms with Crippen LogP contribution in [-0.4, -0.2) is 13.1 Å². The van der Waals surface area contributed by atoms with Crippen LogP contribution in [0, 0.1) is 17.8 Å². The molecule has 0 spiro atoms. The van der Waals surface area contributed by atoms with Crippen molar-refractivity contribution in [2.75, 3.05) is 13.1 Å². The Balaban J connectivity index is 2.26. The quantitative estimate of drug-likeness (QED) is 0.533. The molecule has 100 valence electrons. The summed E-state index contributed by atoms with van der Waals surface area (Å²) >= 11 is 0. The molecule has 1 heteroatoms. The Labute approximate surface area is 108 Å². The fourth-order valence-corrected chi connectivity index (χ4v) is 2.83. The summed E-state index contributed by atoms with van der Waals surface area (Å²) in [5.41, 5.74) is 1.64. The Hall–Kier alpha value is -0.300. The number of allylic oxidation sites excluding steroid dienone is 1. The Morgan fingerprint density at radius 2 is 1.94 bits per heavy atom. The Morgan fingerprint density at radius 3 is 2.59 bits per heavy atom. The molecule has 0 bridgehead atoms. The summed E-state index contributed by atoms with van der Waals surface area (Å²) in [6.07, 6.45) is 9.15. The maximum absolute atomic E-state index is 3.46. The van der Waals surface area contributed by atoms with Gasteiger partial charge < -0.3 is 5.32 Å². The first-order chi connectivity index (χ1) is 8.15. The Kier molecular flexibility index (Phi) is 6.87. The lowest BCUT2D eigenvalue weighted by molar-refractivity contribution is 0.229. The van der Waals surface area contributed by atoms with E-state index in [1.165, 1.54) is 32.1 Å². The van der Waals surface area contributed by atoms with Crippen molar-refractivity contribution in [2.24, 2.45) is 17.8 Å². The fraction of sp³-hybridized carbons (Fsp3) is 0.875. The second-order valence-corrected chi connectivity index (χ2v) is 5.95. The second kappa shape index (κ2) is 7.92. The molecule has 1 aliphatic carbocycles. The van der Waals surface area contributed by atoms with Crippen LogP contribution >= 0.6 is 0 Å². The average molecular weight is 237 g/mol. The lowest BCUT2D eigenvalue weighted by Crippen LogP contribution is -2.21. The van der Waals surface area contributed by atoms with E-state index >= 15 is 0 Å². The first-order valence-corrected chi connectivity index (χ1v) is 7.52. The second-order valence-electron chi connectivity index (χ2n) is 5.95. The largest absolute Gasteiger partial charge is 0.316 e. The standard InChI is InChI=1S/C16H31N/c1-5-10-17-11-6-7-14(3)16-9-8-13(2)15(4)12-16/h7,13,15-17H,5-6,8-12H2,1-4H3. The summed E-state index contributed by atoms with van der Waals surface area (Å²) in [6.45, 7) is 11.7. The van der Waals surface area contributed by atoms with E-state index in [9.17, 15) is 0 Å². The molecule has 0 heterocycles. The van der Waals surface area contributed by atoms with Gasteiger partial charge in [-0.3, -0.25) is 0 Å². The molecule has 0 amide bonds. The van der Waals surface area contributed by atoms with Gasteiger partial charge in [-0.05, 0) is 69.9 Å². The third kappa shape index (κ3) is 5.25. The van der Waals surface area contributed by atoms with Crippen molar-refractivity contribution < 1.29 is 0 Å². The highest BCUT2D eigenvalue weighted by atomic mass is 14.8. The van der Waals surface area contributed by atoms with Gasteiger partial charge in [0.25, 0.3) is 0 Å². The first kappa shape index (κ1) is 14.8. The molecule has 1 fully saturated rings. The third-order valence-electron chi connectivity index (χ3n) is 4.46. The van der Waals surface area contributed by atoms with Crippen LogP contribution in [0.2, 0.25) is 0 Å². The van der Waals surface area contributed by atoms with E-state index in [4.69, 9.17) is 0 Å².